The molecule has 1 N–H and O–H groups in total. The second-order valence-electron chi connectivity index (χ2n) is 5.09. The van der Waals surface area contributed by atoms with Crippen LogP contribution in [-0.4, -0.2) is 19.8 Å². The molecule has 0 aliphatic heterocycles. The van der Waals surface area contributed by atoms with Gasteiger partial charge in [-0.2, -0.15) is 0 Å². The van der Waals surface area contributed by atoms with E-state index in [4.69, 9.17) is 9.47 Å². The monoisotopic (exact) mass is 265 g/mol. The Kier molecular flexibility index (Phi) is 7.53. The van der Waals surface area contributed by atoms with Gasteiger partial charge in [-0.1, -0.05) is 33.3 Å². The van der Waals surface area contributed by atoms with Crippen molar-refractivity contribution in [1.29, 1.82) is 0 Å². The maximum Gasteiger partial charge on any atom is 0.124 e. The van der Waals surface area contributed by atoms with E-state index in [1.165, 1.54) is 5.56 Å². The Balaban J connectivity index is 2.61. The van der Waals surface area contributed by atoms with Crippen LogP contribution in [0.5, 0.6) is 5.75 Å². The maximum absolute atomic E-state index is 5.68. The van der Waals surface area contributed by atoms with Crippen molar-refractivity contribution < 1.29 is 9.47 Å². The molecule has 0 bridgehead atoms. The molecule has 0 atom stereocenters. The highest BCUT2D eigenvalue weighted by atomic mass is 16.5. The van der Waals surface area contributed by atoms with E-state index in [0.717, 1.165) is 37.3 Å². The van der Waals surface area contributed by atoms with E-state index in [1.807, 2.05) is 6.07 Å². The third kappa shape index (κ3) is 6.08. The normalized spacial score (nSPS) is 11.0. The van der Waals surface area contributed by atoms with E-state index in [1.54, 1.807) is 7.11 Å². The Bertz CT molecular complexity index is 364. The van der Waals surface area contributed by atoms with Gasteiger partial charge in [0.25, 0.3) is 0 Å². The molecule has 0 aromatic heterocycles. The molecule has 1 aromatic rings. The van der Waals surface area contributed by atoms with Crippen molar-refractivity contribution in [3.8, 4) is 5.75 Å². The van der Waals surface area contributed by atoms with E-state index in [2.05, 4.69) is 38.2 Å². The molecule has 3 heteroatoms. The first kappa shape index (κ1) is 16.0. The maximum atomic E-state index is 5.68. The molecular weight excluding hydrogens is 238 g/mol. The van der Waals surface area contributed by atoms with Gasteiger partial charge in [-0.3, -0.25) is 0 Å². The molecule has 0 radical (unpaired) electrons. The van der Waals surface area contributed by atoms with Gasteiger partial charge in [-0.05, 0) is 24.1 Å². The van der Waals surface area contributed by atoms with Crippen LogP contribution in [0.3, 0.4) is 0 Å². The zero-order valence-electron chi connectivity index (χ0n) is 12.7. The van der Waals surface area contributed by atoms with Gasteiger partial charge in [-0.15, -0.1) is 0 Å². The second-order valence-corrected chi connectivity index (χ2v) is 5.09. The molecule has 0 unspecified atom stereocenters. The third-order valence-corrected chi connectivity index (χ3v) is 2.96. The van der Waals surface area contributed by atoms with Crippen LogP contribution in [0.2, 0.25) is 0 Å². The van der Waals surface area contributed by atoms with Crippen LogP contribution in [0.1, 0.15) is 44.7 Å². The molecule has 0 heterocycles. The predicted molar refractivity (Wildman–Crippen MR) is 79.5 cm³/mol. The topological polar surface area (TPSA) is 30.5 Å². The summed E-state index contributed by atoms with van der Waals surface area (Å²) in [6.07, 6.45) is 2.27. The Morgan fingerprint density at radius 2 is 2.05 bits per heavy atom. The summed E-state index contributed by atoms with van der Waals surface area (Å²) >= 11 is 0. The number of rotatable bonds is 9. The molecule has 0 saturated heterocycles. The fraction of sp³-hybridized carbons (Fsp3) is 0.625. The number of unbranched alkanes of at least 4 members (excludes halogenated alkanes) is 1. The minimum Gasteiger partial charge on any atom is -0.496 e. The second kappa shape index (κ2) is 8.94. The number of benzene rings is 1. The first-order valence-electron chi connectivity index (χ1n) is 7.14. The zero-order valence-corrected chi connectivity index (χ0v) is 12.7. The Hall–Kier alpha value is -1.06. The average Bonchev–Trinajstić information content (AvgIpc) is 2.41. The summed E-state index contributed by atoms with van der Waals surface area (Å²) in [4.78, 5) is 0. The van der Waals surface area contributed by atoms with Gasteiger partial charge in [0.05, 0.1) is 13.7 Å². The van der Waals surface area contributed by atoms with Crippen molar-refractivity contribution in [2.45, 2.75) is 52.8 Å². The Labute approximate surface area is 117 Å². The fourth-order valence-corrected chi connectivity index (χ4v) is 1.81. The molecule has 1 aromatic carbocycles. The molecule has 0 aliphatic rings. The van der Waals surface area contributed by atoms with Crippen molar-refractivity contribution in [3.05, 3.63) is 29.3 Å². The lowest BCUT2D eigenvalue weighted by molar-refractivity contribution is 0.116. The lowest BCUT2D eigenvalue weighted by Crippen LogP contribution is -2.21. The Morgan fingerprint density at radius 3 is 2.68 bits per heavy atom. The summed E-state index contributed by atoms with van der Waals surface area (Å²) in [6.45, 7) is 8.79. The van der Waals surface area contributed by atoms with E-state index in [9.17, 15) is 0 Å². The van der Waals surface area contributed by atoms with Crippen molar-refractivity contribution in [3.63, 3.8) is 0 Å². The lowest BCUT2D eigenvalue weighted by atomic mass is 10.1. The van der Waals surface area contributed by atoms with Crippen molar-refractivity contribution in [1.82, 2.24) is 5.32 Å². The minimum atomic E-state index is 0.492. The van der Waals surface area contributed by atoms with E-state index < -0.39 is 0 Å². The highest BCUT2D eigenvalue weighted by Gasteiger charge is 2.05. The van der Waals surface area contributed by atoms with Gasteiger partial charge in [0.1, 0.15) is 5.75 Å². The summed E-state index contributed by atoms with van der Waals surface area (Å²) in [7, 11) is 1.71. The zero-order chi connectivity index (χ0) is 14.1. The number of nitrogens with one attached hydrogen (secondary N) is 1. The predicted octanol–water partition coefficient (Wildman–Crippen LogP) is 3.51. The van der Waals surface area contributed by atoms with Gasteiger partial charge in [0, 0.05) is 24.8 Å². The lowest BCUT2D eigenvalue weighted by Gasteiger charge is -2.13. The fourth-order valence-electron chi connectivity index (χ4n) is 1.81. The number of hydrogen-bond donors (Lipinski definition) is 1. The van der Waals surface area contributed by atoms with Crippen molar-refractivity contribution in [2.75, 3.05) is 13.7 Å². The van der Waals surface area contributed by atoms with E-state index in [-0.39, 0.29) is 0 Å². The van der Waals surface area contributed by atoms with Gasteiger partial charge < -0.3 is 14.8 Å². The van der Waals surface area contributed by atoms with Crippen LogP contribution in [-0.2, 0) is 17.9 Å². The summed E-state index contributed by atoms with van der Waals surface area (Å²) in [5.41, 5.74) is 2.39. The quantitative estimate of drug-likeness (QED) is 0.693. The van der Waals surface area contributed by atoms with Crippen LogP contribution >= 0.6 is 0 Å². The molecule has 0 saturated carbocycles. The van der Waals surface area contributed by atoms with Crippen LogP contribution < -0.4 is 10.1 Å². The summed E-state index contributed by atoms with van der Waals surface area (Å²) in [5, 5.41) is 3.42. The van der Waals surface area contributed by atoms with Gasteiger partial charge in [0.2, 0.25) is 0 Å². The summed E-state index contributed by atoms with van der Waals surface area (Å²) in [5.74, 6) is 0.907. The highest BCUT2D eigenvalue weighted by Crippen LogP contribution is 2.21. The molecule has 0 fully saturated rings. The van der Waals surface area contributed by atoms with Crippen LogP contribution in [0, 0.1) is 0 Å². The van der Waals surface area contributed by atoms with Gasteiger partial charge in [0.15, 0.2) is 0 Å². The van der Waals surface area contributed by atoms with Crippen molar-refractivity contribution in [2.24, 2.45) is 0 Å². The molecule has 108 valence electrons. The molecule has 0 spiro atoms. The van der Waals surface area contributed by atoms with Gasteiger partial charge >= 0.3 is 0 Å². The highest BCUT2D eigenvalue weighted by molar-refractivity contribution is 5.36. The molecule has 0 aliphatic carbocycles. The number of ether oxygens (including phenoxy) is 2. The average molecular weight is 265 g/mol. The van der Waals surface area contributed by atoms with Crippen LogP contribution in [0.25, 0.3) is 0 Å². The largest absolute Gasteiger partial charge is 0.496 e. The molecule has 0 amide bonds. The standard InChI is InChI=1S/C16H27NO2/c1-5-6-9-19-12-15-10-14(11-17-13(2)3)7-8-16(15)18-4/h7-8,10,13,17H,5-6,9,11-12H2,1-4H3. The molecular formula is C16H27NO2. The molecule has 19 heavy (non-hydrogen) atoms. The van der Waals surface area contributed by atoms with Crippen LogP contribution in [0.4, 0.5) is 0 Å². The minimum absolute atomic E-state index is 0.492. The van der Waals surface area contributed by atoms with Crippen LogP contribution in [0.15, 0.2) is 18.2 Å². The SMILES string of the molecule is CCCCOCc1cc(CNC(C)C)ccc1OC. The third-order valence-electron chi connectivity index (χ3n) is 2.96. The number of methoxy groups -OCH3 is 1. The smallest absolute Gasteiger partial charge is 0.124 e. The first-order chi connectivity index (χ1) is 9.17. The first-order valence-corrected chi connectivity index (χ1v) is 7.14. The molecule has 1 rings (SSSR count). The van der Waals surface area contributed by atoms with E-state index >= 15 is 0 Å². The number of hydrogen-bond acceptors (Lipinski definition) is 3. The summed E-state index contributed by atoms with van der Waals surface area (Å²) < 4.78 is 11.1. The molecule has 3 nitrogen and oxygen atoms in total. The van der Waals surface area contributed by atoms with Gasteiger partial charge in [-0.25, -0.2) is 0 Å². The van der Waals surface area contributed by atoms with E-state index in [0.29, 0.717) is 12.6 Å². The van der Waals surface area contributed by atoms with Crippen molar-refractivity contribution >= 4 is 0 Å². The summed E-state index contributed by atoms with van der Waals surface area (Å²) in [6, 6.07) is 6.78. The Morgan fingerprint density at radius 1 is 1.26 bits per heavy atom.